The van der Waals surface area contributed by atoms with Crippen molar-refractivity contribution in [2.24, 2.45) is 0 Å². The summed E-state index contributed by atoms with van der Waals surface area (Å²) in [4.78, 5) is 4.90. The Morgan fingerprint density at radius 1 is 0.900 bits per heavy atom. The van der Waals surface area contributed by atoms with Crippen LogP contribution >= 0.6 is 0 Å². The molecule has 2 aromatic heterocycles. The molecule has 7 nitrogen and oxygen atoms in total. The van der Waals surface area contributed by atoms with Crippen molar-refractivity contribution in [3.63, 3.8) is 0 Å². The van der Waals surface area contributed by atoms with Gasteiger partial charge in [-0.2, -0.15) is 4.52 Å². The number of fused-ring (bicyclic) bond motifs is 4. The van der Waals surface area contributed by atoms with Gasteiger partial charge in [-0.3, -0.25) is 0 Å². The SMILES string of the molecule is c1ccc(-c2nnn3c2nc(NCc2ccc4c(c2)OCO4)c2ccccc23)cc1. The lowest BCUT2D eigenvalue weighted by Gasteiger charge is -2.11. The van der Waals surface area contributed by atoms with Gasteiger partial charge in [-0.05, 0) is 29.8 Å². The van der Waals surface area contributed by atoms with Crippen LogP contribution in [0.25, 0.3) is 27.8 Å². The zero-order valence-electron chi connectivity index (χ0n) is 15.9. The molecule has 0 saturated carbocycles. The summed E-state index contributed by atoms with van der Waals surface area (Å²) in [5, 5.41) is 13.2. The Labute approximate surface area is 171 Å². The van der Waals surface area contributed by atoms with Crippen LogP contribution in [-0.4, -0.2) is 26.6 Å². The third-order valence-corrected chi connectivity index (χ3v) is 5.20. The molecule has 0 saturated heterocycles. The number of anilines is 1. The number of aromatic nitrogens is 4. The first kappa shape index (κ1) is 16.8. The fraction of sp³-hybridized carbons (Fsp3) is 0.0870. The molecule has 0 bridgehead atoms. The lowest BCUT2D eigenvalue weighted by Crippen LogP contribution is -2.05. The smallest absolute Gasteiger partial charge is 0.231 e. The zero-order valence-corrected chi connectivity index (χ0v) is 15.9. The van der Waals surface area contributed by atoms with Crippen molar-refractivity contribution >= 4 is 22.4 Å². The van der Waals surface area contributed by atoms with Crippen LogP contribution in [0.1, 0.15) is 5.56 Å². The van der Waals surface area contributed by atoms with Crippen LogP contribution in [-0.2, 0) is 6.54 Å². The van der Waals surface area contributed by atoms with Crippen molar-refractivity contribution < 1.29 is 9.47 Å². The fourth-order valence-corrected chi connectivity index (χ4v) is 3.72. The van der Waals surface area contributed by atoms with Crippen molar-refractivity contribution in [1.82, 2.24) is 19.8 Å². The Morgan fingerprint density at radius 2 is 1.73 bits per heavy atom. The molecule has 5 aromatic rings. The molecule has 6 rings (SSSR count). The van der Waals surface area contributed by atoms with E-state index in [-0.39, 0.29) is 6.79 Å². The van der Waals surface area contributed by atoms with Gasteiger partial charge in [0.2, 0.25) is 6.79 Å². The lowest BCUT2D eigenvalue weighted by molar-refractivity contribution is 0.174. The van der Waals surface area contributed by atoms with Crippen LogP contribution in [0, 0.1) is 0 Å². The second-order valence-corrected chi connectivity index (χ2v) is 7.06. The Morgan fingerprint density at radius 3 is 2.67 bits per heavy atom. The van der Waals surface area contributed by atoms with Gasteiger partial charge in [0.15, 0.2) is 17.1 Å². The molecule has 0 radical (unpaired) electrons. The van der Waals surface area contributed by atoms with E-state index in [4.69, 9.17) is 14.5 Å². The maximum atomic E-state index is 5.49. The highest BCUT2D eigenvalue weighted by Crippen LogP contribution is 2.33. The highest BCUT2D eigenvalue weighted by atomic mass is 16.7. The first-order valence-electron chi connectivity index (χ1n) is 9.69. The first-order chi connectivity index (χ1) is 14.9. The molecular formula is C23H17N5O2. The summed E-state index contributed by atoms with van der Waals surface area (Å²) < 4.78 is 12.7. The third kappa shape index (κ3) is 2.71. The number of rotatable bonds is 4. The zero-order chi connectivity index (χ0) is 19.9. The van der Waals surface area contributed by atoms with Gasteiger partial charge in [0.1, 0.15) is 11.5 Å². The van der Waals surface area contributed by atoms with Crippen LogP contribution in [0.4, 0.5) is 5.82 Å². The second kappa shape index (κ2) is 6.73. The minimum atomic E-state index is 0.269. The van der Waals surface area contributed by atoms with Crippen molar-refractivity contribution in [3.05, 3.63) is 78.4 Å². The van der Waals surface area contributed by atoms with Crippen molar-refractivity contribution in [3.8, 4) is 22.8 Å². The quantitative estimate of drug-likeness (QED) is 0.490. The Kier molecular flexibility index (Phi) is 3.77. The van der Waals surface area contributed by atoms with E-state index in [0.29, 0.717) is 12.2 Å². The summed E-state index contributed by atoms with van der Waals surface area (Å²) in [6, 6.07) is 24.0. The molecule has 1 aliphatic heterocycles. The van der Waals surface area contributed by atoms with Crippen molar-refractivity contribution in [2.75, 3.05) is 12.1 Å². The van der Waals surface area contributed by atoms with Gasteiger partial charge < -0.3 is 14.8 Å². The van der Waals surface area contributed by atoms with E-state index >= 15 is 0 Å². The summed E-state index contributed by atoms with van der Waals surface area (Å²) in [5.74, 6) is 2.34. The van der Waals surface area contributed by atoms with E-state index in [1.54, 1.807) is 4.52 Å². The summed E-state index contributed by atoms with van der Waals surface area (Å²) in [6.07, 6.45) is 0. The minimum absolute atomic E-state index is 0.269. The van der Waals surface area contributed by atoms with E-state index < -0.39 is 0 Å². The lowest BCUT2D eigenvalue weighted by atomic mass is 10.1. The molecule has 0 atom stereocenters. The minimum Gasteiger partial charge on any atom is -0.454 e. The van der Waals surface area contributed by atoms with Crippen LogP contribution in [0.3, 0.4) is 0 Å². The van der Waals surface area contributed by atoms with E-state index in [0.717, 1.165) is 45.0 Å². The average Bonchev–Trinajstić information content (AvgIpc) is 3.44. The number of nitrogens with one attached hydrogen (secondary N) is 1. The fourth-order valence-electron chi connectivity index (χ4n) is 3.72. The average molecular weight is 395 g/mol. The summed E-state index contributed by atoms with van der Waals surface area (Å²) >= 11 is 0. The molecule has 0 unspecified atom stereocenters. The summed E-state index contributed by atoms with van der Waals surface area (Å²) in [6.45, 7) is 0.873. The van der Waals surface area contributed by atoms with Gasteiger partial charge in [-0.25, -0.2) is 4.98 Å². The molecule has 30 heavy (non-hydrogen) atoms. The second-order valence-electron chi connectivity index (χ2n) is 7.06. The first-order valence-corrected chi connectivity index (χ1v) is 9.69. The molecule has 3 heterocycles. The topological polar surface area (TPSA) is 73.6 Å². The van der Waals surface area contributed by atoms with Crippen LogP contribution < -0.4 is 14.8 Å². The van der Waals surface area contributed by atoms with E-state index in [9.17, 15) is 0 Å². The van der Waals surface area contributed by atoms with Crippen molar-refractivity contribution in [1.29, 1.82) is 0 Å². The molecule has 0 spiro atoms. The third-order valence-electron chi connectivity index (χ3n) is 5.20. The molecule has 0 fully saturated rings. The highest BCUT2D eigenvalue weighted by Gasteiger charge is 2.16. The molecule has 0 amide bonds. The van der Waals surface area contributed by atoms with Gasteiger partial charge >= 0.3 is 0 Å². The molecule has 1 aliphatic rings. The van der Waals surface area contributed by atoms with Gasteiger partial charge in [0.25, 0.3) is 0 Å². The molecule has 146 valence electrons. The van der Waals surface area contributed by atoms with E-state index in [1.807, 2.05) is 72.8 Å². The van der Waals surface area contributed by atoms with E-state index in [1.165, 1.54) is 0 Å². The van der Waals surface area contributed by atoms with Crippen LogP contribution in [0.2, 0.25) is 0 Å². The molecular weight excluding hydrogens is 378 g/mol. The maximum absolute atomic E-state index is 5.49. The number of ether oxygens (including phenoxy) is 2. The number of nitrogens with zero attached hydrogens (tertiary/aromatic N) is 4. The normalized spacial score (nSPS) is 12.5. The maximum Gasteiger partial charge on any atom is 0.231 e. The summed E-state index contributed by atoms with van der Waals surface area (Å²) in [7, 11) is 0. The predicted octanol–water partition coefficient (Wildman–Crippen LogP) is 4.29. The Bertz CT molecular complexity index is 1380. The predicted molar refractivity (Wildman–Crippen MR) is 114 cm³/mol. The van der Waals surface area contributed by atoms with Gasteiger partial charge in [-0.1, -0.05) is 53.7 Å². The molecule has 3 aromatic carbocycles. The number of hydrogen-bond donors (Lipinski definition) is 1. The molecule has 7 heteroatoms. The number of benzene rings is 3. The van der Waals surface area contributed by atoms with Crippen LogP contribution in [0.5, 0.6) is 11.5 Å². The van der Waals surface area contributed by atoms with Crippen molar-refractivity contribution in [2.45, 2.75) is 6.54 Å². The van der Waals surface area contributed by atoms with Gasteiger partial charge in [0.05, 0.1) is 5.52 Å². The Balaban J connectivity index is 1.44. The standard InChI is InChI=1S/C23H17N5O2/c1-2-6-16(7-3-1)21-23-25-22(17-8-4-5-9-18(17)28(23)27-26-21)24-13-15-10-11-19-20(12-15)30-14-29-19/h1-12H,13-14H2,(H,24,25). The number of para-hydroxylation sites is 1. The molecule has 1 N–H and O–H groups in total. The largest absolute Gasteiger partial charge is 0.454 e. The number of hydrogen-bond acceptors (Lipinski definition) is 6. The summed E-state index contributed by atoms with van der Waals surface area (Å²) in [5.41, 5.74) is 4.49. The molecule has 0 aliphatic carbocycles. The van der Waals surface area contributed by atoms with Crippen LogP contribution in [0.15, 0.2) is 72.8 Å². The Hall–Kier alpha value is -4.13. The monoisotopic (exact) mass is 395 g/mol. The van der Waals surface area contributed by atoms with Gasteiger partial charge in [-0.15, -0.1) is 5.10 Å². The van der Waals surface area contributed by atoms with Gasteiger partial charge in [0, 0.05) is 17.5 Å². The van der Waals surface area contributed by atoms with E-state index in [2.05, 4.69) is 15.6 Å². The highest BCUT2D eigenvalue weighted by molar-refractivity contribution is 5.93.